The van der Waals surface area contributed by atoms with Crippen LogP contribution in [0, 0.1) is 5.92 Å². The average molecular weight is 342 g/mol. The zero-order valence-corrected chi connectivity index (χ0v) is 14.0. The number of pyridine rings is 1. The van der Waals surface area contributed by atoms with Crippen LogP contribution in [0.3, 0.4) is 0 Å². The van der Waals surface area contributed by atoms with Crippen LogP contribution in [-0.4, -0.2) is 52.7 Å². The second-order valence-electron chi connectivity index (χ2n) is 6.81. The van der Waals surface area contributed by atoms with Gasteiger partial charge in [-0.2, -0.15) is 0 Å². The first-order chi connectivity index (χ1) is 11.7. The van der Waals surface area contributed by atoms with Crippen molar-refractivity contribution in [2.24, 2.45) is 5.92 Å². The molecule has 6 nitrogen and oxygen atoms in total. The van der Waals surface area contributed by atoms with E-state index < -0.39 is 0 Å². The smallest absolute Gasteiger partial charge is 0.416 e. The second-order valence-corrected chi connectivity index (χ2v) is 7.82. The summed E-state index contributed by atoms with van der Waals surface area (Å²) < 4.78 is 5.91. The summed E-state index contributed by atoms with van der Waals surface area (Å²) in [5.74, 6) is 0.482. The van der Waals surface area contributed by atoms with E-state index in [1.165, 1.54) is 11.3 Å². The number of aromatic nitrogens is 2. The van der Waals surface area contributed by atoms with Crippen molar-refractivity contribution in [3.8, 4) is 10.4 Å². The number of carbonyl (C=O) groups is 1. The molecule has 1 amide bonds. The molecular weight excluding hydrogens is 324 g/mol. The molecule has 6 rings (SSSR count). The maximum Gasteiger partial charge on any atom is 0.416 e. The fourth-order valence-corrected chi connectivity index (χ4v) is 5.11. The molecule has 0 aromatic carbocycles. The van der Waals surface area contributed by atoms with Gasteiger partial charge in [-0.05, 0) is 43.6 Å². The van der Waals surface area contributed by atoms with Crippen LogP contribution < -0.4 is 4.90 Å². The molecule has 2 aromatic rings. The van der Waals surface area contributed by atoms with Crippen molar-refractivity contribution in [3.05, 3.63) is 30.7 Å². The number of amides is 1. The maximum absolute atomic E-state index is 12.5. The molecule has 0 aliphatic carbocycles. The highest BCUT2D eigenvalue weighted by Crippen LogP contribution is 2.44. The molecule has 2 aromatic heterocycles. The van der Waals surface area contributed by atoms with Crippen LogP contribution in [0.5, 0.6) is 0 Å². The van der Waals surface area contributed by atoms with E-state index in [9.17, 15) is 4.79 Å². The predicted molar refractivity (Wildman–Crippen MR) is 91.1 cm³/mol. The minimum atomic E-state index is -0.337. The molecule has 124 valence electrons. The number of hydrogen-bond donors (Lipinski definition) is 0. The summed E-state index contributed by atoms with van der Waals surface area (Å²) in [6, 6.07) is 3.91. The van der Waals surface area contributed by atoms with Crippen molar-refractivity contribution in [2.75, 3.05) is 31.1 Å². The van der Waals surface area contributed by atoms with Gasteiger partial charge in [0.15, 0.2) is 5.13 Å². The van der Waals surface area contributed by atoms with Crippen molar-refractivity contribution in [2.45, 2.75) is 18.4 Å². The topological polar surface area (TPSA) is 58.6 Å². The molecule has 6 heterocycles. The van der Waals surface area contributed by atoms with E-state index in [2.05, 4.69) is 14.9 Å². The maximum atomic E-state index is 12.5. The van der Waals surface area contributed by atoms with Gasteiger partial charge in [0, 0.05) is 31.1 Å². The van der Waals surface area contributed by atoms with Gasteiger partial charge in [-0.1, -0.05) is 11.3 Å². The van der Waals surface area contributed by atoms with Crippen LogP contribution in [0.2, 0.25) is 0 Å². The quantitative estimate of drug-likeness (QED) is 0.840. The lowest BCUT2D eigenvalue weighted by atomic mass is 9.75. The summed E-state index contributed by atoms with van der Waals surface area (Å²) >= 11 is 1.53. The number of thiazole rings is 1. The van der Waals surface area contributed by atoms with E-state index in [4.69, 9.17) is 4.74 Å². The van der Waals surface area contributed by atoms with Crippen LogP contribution in [0.4, 0.5) is 9.93 Å². The predicted octanol–water partition coefficient (Wildman–Crippen LogP) is 2.63. The molecule has 0 saturated carbocycles. The lowest BCUT2D eigenvalue weighted by Crippen LogP contribution is -2.61. The monoisotopic (exact) mass is 342 g/mol. The summed E-state index contributed by atoms with van der Waals surface area (Å²) in [5, 5.41) is 0.722. The minimum absolute atomic E-state index is 0.251. The van der Waals surface area contributed by atoms with E-state index in [0.717, 1.165) is 48.0 Å². The van der Waals surface area contributed by atoms with Crippen LogP contribution in [0.15, 0.2) is 30.7 Å². The zero-order chi connectivity index (χ0) is 16.1. The highest BCUT2D eigenvalue weighted by atomic mass is 32.1. The number of hydrogen-bond acceptors (Lipinski definition) is 6. The summed E-state index contributed by atoms with van der Waals surface area (Å²) in [6.07, 6.45) is 7.36. The van der Waals surface area contributed by atoms with Gasteiger partial charge in [0.2, 0.25) is 0 Å². The van der Waals surface area contributed by atoms with Gasteiger partial charge in [-0.15, -0.1) is 0 Å². The Morgan fingerprint density at radius 3 is 2.71 bits per heavy atom. The molecule has 7 heteroatoms. The molecule has 1 spiro atoms. The lowest BCUT2D eigenvalue weighted by Gasteiger charge is -2.49. The van der Waals surface area contributed by atoms with E-state index in [1.807, 2.05) is 18.3 Å². The number of fused-ring (bicyclic) bond motifs is 2. The first-order valence-corrected chi connectivity index (χ1v) is 9.14. The molecule has 0 N–H and O–H groups in total. The first-order valence-electron chi connectivity index (χ1n) is 8.33. The Morgan fingerprint density at radius 1 is 1.21 bits per heavy atom. The van der Waals surface area contributed by atoms with Gasteiger partial charge in [0.05, 0.1) is 11.4 Å². The third-order valence-electron chi connectivity index (χ3n) is 5.45. The summed E-state index contributed by atoms with van der Waals surface area (Å²) in [4.78, 5) is 26.2. The largest absolute Gasteiger partial charge is 0.439 e. The lowest BCUT2D eigenvalue weighted by molar-refractivity contribution is -0.0881. The Labute approximate surface area is 144 Å². The van der Waals surface area contributed by atoms with E-state index in [1.54, 1.807) is 17.3 Å². The van der Waals surface area contributed by atoms with Crippen molar-refractivity contribution in [3.63, 3.8) is 0 Å². The highest BCUT2D eigenvalue weighted by molar-refractivity contribution is 7.19. The molecule has 1 atom stereocenters. The molecule has 2 bridgehead atoms. The third-order valence-corrected chi connectivity index (χ3v) is 6.52. The third kappa shape index (κ3) is 2.15. The Kier molecular flexibility index (Phi) is 3.14. The Morgan fingerprint density at radius 2 is 2.00 bits per heavy atom. The van der Waals surface area contributed by atoms with Gasteiger partial charge in [0.25, 0.3) is 0 Å². The Balaban J connectivity index is 1.42. The fourth-order valence-electron chi connectivity index (χ4n) is 4.20. The molecule has 4 saturated heterocycles. The SMILES string of the molecule is O=C1O[C@]2(CN3CCC2CC3)CN1c1ncc(-c2ccncc2)s1. The van der Waals surface area contributed by atoms with Crippen molar-refractivity contribution in [1.82, 2.24) is 14.9 Å². The number of ether oxygens (including phenoxy) is 1. The number of piperidine rings is 3. The Hall–Kier alpha value is -1.99. The van der Waals surface area contributed by atoms with E-state index >= 15 is 0 Å². The summed E-state index contributed by atoms with van der Waals surface area (Å²) in [6.45, 7) is 3.75. The zero-order valence-electron chi connectivity index (χ0n) is 13.2. The molecule has 4 aliphatic heterocycles. The molecule has 0 unspecified atom stereocenters. The van der Waals surface area contributed by atoms with Gasteiger partial charge in [-0.25, -0.2) is 14.7 Å². The van der Waals surface area contributed by atoms with Crippen LogP contribution in [-0.2, 0) is 4.74 Å². The van der Waals surface area contributed by atoms with E-state index in [0.29, 0.717) is 12.5 Å². The molecule has 0 radical (unpaired) electrons. The van der Waals surface area contributed by atoms with Crippen LogP contribution in [0.1, 0.15) is 12.8 Å². The van der Waals surface area contributed by atoms with Crippen molar-refractivity contribution >= 4 is 22.6 Å². The van der Waals surface area contributed by atoms with Gasteiger partial charge in [-0.3, -0.25) is 9.88 Å². The van der Waals surface area contributed by atoms with Crippen molar-refractivity contribution < 1.29 is 9.53 Å². The molecule has 24 heavy (non-hydrogen) atoms. The average Bonchev–Trinajstić information content (AvgIpc) is 3.22. The standard InChI is InChI=1S/C17H18N4O2S/c22-16-21(11-17(23-16)10-20-7-3-13(17)4-8-20)15-19-9-14(24-15)12-1-5-18-6-2-12/h1-2,5-6,9,13H,3-4,7-8,10-11H2/t17-/m1/s1. The van der Waals surface area contributed by atoms with Gasteiger partial charge in [0.1, 0.15) is 5.60 Å². The first kappa shape index (κ1) is 14.4. The van der Waals surface area contributed by atoms with Gasteiger partial charge < -0.3 is 4.74 Å². The van der Waals surface area contributed by atoms with E-state index in [-0.39, 0.29) is 11.7 Å². The second kappa shape index (κ2) is 5.26. The summed E-state index contributed by atoms with van der Waals surface area (Å²) in [5.41, 5.74) is 0.731. The number of rotatable bonds is 2. The number of nitrogens with zero attached hydrogens (tertiary/aromatic N) is 4. The minimum Gasteiger partial charge on any atom is -0.439 e. The highest BCUT2D eigenvalue weighted by Gasteiger charge is 2.56. The van der Waals surface area contributed by atoms with Crippen molar-refractivity contribution in [1.29, 1.82) is 0 Å². The fraction of sp³-hybridized carbons (Fsp3) is 0.471. The van der Waals surface area contributed by atoms with Crippen LogP contribution >= 0.6 is 11.3 Å². The number of anilines is 1. The molecule has 4 fully saturated rings. The molecule has 4 aliphatic rings. The van der Waals surface area contributed by atoms with Gasteiger partial charge >= 0.3 is 6.09 Å². The normalized spacial score (nSPS) is 31.7. The van der Waals surface area contributed by atoms with Crippen LogP contribution in [0.25, 0.3) is 10.4 Å². The number of carbonyl (C=O) groups excluding carboxylic acids is 1. The Bertz CT molecular complexity index is 772. The summed E-state index contributed by atoms with van der Waals surface area (Å²) in [7, 11) is 0. The molecular formula is C17H18N4O2S.